The Kier molecular flexibility index (Phi) is 5.56. The van der Waals surface area contributed by atoms with Crippen LogP contribution in [0.15, 0.2) is 47.4 Å². The zero-order chi connectivity index (χ0) is 23.2. The fourth-order valence-corrected chi connectivity index (χ4v) is 4.48. The summed E-state index contributed by atoms with van der Waals surface area (Å²) in [6.07, 6.45) is 2.68. The van der Waals surface area contributed by atoms with Crippen LogP contribution in [0, 0.1) is 18.6 Å². The van der Waals surface area contributed by atoms with Crippen LogP contribution in [0.5, 0.6) is 11.5 Å². The van der Waals surface area contributed by atoms with Crippen molar-refractivity contribution in [2.24, 2.45) is 0 Å². The third-order valence-corrected chi connectivity index (χ3v) is 6.15. The summed E-state index contributed by atoms with van der Waals surface area (Å²) in [5, 5.41) is 0.669. The Labute approximate surface area is 186 Å². The molecule has 4 aromatic rings. The van der Waals surface area contributed by atoms with Gasteiger partial charge in [-0.3, -0.25) is 4.79 Å². The number of ether oxygens (including phenoxy) is 1. The van der Waals surface area contributed by atoms with E-state index in [1.165, 1.54) is 6.07 Å². The van der Waals surface area contributed by atoms with Crippen LogP contribution < -0.4 is 10.3 Å². The van der Waals surface area contributed by atoms with Gasteiger partial charge in [-0.1, -0.05) is 17.7 Å². The minimum atomic E-state index is -3.34. The second-order valence-corrected chi connectivity index (χ2v) is 9.94. The number of hydrogen-bond donors (Lipinski definition) is 2. The SMILES string of the molecule is Cc1c(Cl)[nH]c(=O)c2[nH]cc(-c3cc(CS(C)(=O)=O)ccc3Oc3ccc(F)cc3F)c12. The summed E-state index contributed by atoms with van der Waals surface area (Å²) in [5.41, 5.74) is 1.82. The predicted molar refractivity (Wildman–Crippen MR) is 119 cm³/mol. The number of hydrogen-bond acceptors (Lipinski definition) is 4. The molecule has 0 amide bonds. The molecule has 2 aromatic heterocycles. The maximum absolute atomic E-state index is 14.2. The average Bonchev–Trinajstić information content (AvgIpc) is 3.14. The molecule has 0 bridgehead atoms. The van der Waals surface area contributed by atoms with Crippen molar-refractivity contribution < 1.29 is 21.9 Å². The van der Waals surface area contributed by atoms with Gasteiger partial charge in [0, 0.05) is 35.0 Å². The lowest BCUT2D eigenvalue weighted by Crippen LogP contribution is -2.07. The molecular formula is C22H17ClF2N2O4S. The van der Waals surface area contributed by atoms with E-state index in [2.05, 4.69) is 9.97 Å². The Morgan fingerprint density at radius 1 is 1.06 bits per heavy atom. The highest BCUT2D eigenvalue weighted by Gasteiger charge is 2.19. The first-order valence-electron chi connectivity index (χ1n) is 9.37. The van der Waals surface area contributed by atoms with Gasteiger partial charge in [0.2, 0.25) is 0 Å². The number of nitrogens with one attached hydrogen (secondary N) is 2. The van der Waals surface area contributed by atoms with Crippen LogP contribution >= 0.6 is 11.6 Å². The molecule has 2 heterocycles. The molecule has 0 saturated carbocycles. The number of H-pyrrole nitrogens is 2. The molecule has 0 aliphatic rings. The fourth-order valence-electron chi connectivity index (χ4n) is 3.52. The molecule has 0 fully saturated rings. The van der Waals surface area contributed by atoms with Gasteiger partial charge in [-0.25, -0.2) is 17.2 Å². The minimum absolute atomic E-state index is 0.155. The van der Waals surface area contributed by atoms with Crippen molar-refractivity contribution in [1.82, 2.24) is 9.97 Å². The van der Waals surface area contributed by atoms with Gasteiger partial charge in [-0.15, -0.1) is 0 Å². The molecule has 0 aliphatic carbocycles. The first-order chi connectivity index (χ1) is 15.0. The molecule has 0 spiro atoms. The van der Waals surface area contributed by atoms with E-state index in [-0.39, 0.29) is 27.9 Å². The fraction of sp³-hybridized carbons (Fsp3) is 0.136. The maximum atomic E-state index is 14.2. The number of fused-ring (bicyclic) bond motifs is 1. The van der Waals surface area contributed by atoms with E-state index in [0.717, 1.165) is 18.4 Å². The highest BCUT2D eigenvalue weighted by molar-refractivity contribution is 7.89. The number of sulfone groups is 1. The van der Waals surface area contributed by atoms with Crippen molar-refractivity contribution >= 4 is 32.3 Å². The molecule has 32 heavy (non-hydrogen) atoms. The first-order valence-corrected chi connectivity index (χ1v) is 11.8. The highest BCUT2D eigenvalue weighted by Crippen LogP contribution is 2.40. The minimum Gasteiger partial charge on any atom is -0.454 e. The average molecular weight is 479 g/mol. The summed E-state index contributed by atoms with van der Waals surface area (Å²) in [6, 6.07) is 7.55. The van der Waals surface area contributed by atoms with Gasteiger partial charge in [0.05, 0.1) is 5.75 Å². The van der Waals surface area contributed by atoms with E-state index in [9.17, 15) is 22.0 Å². The standard InChI is InChI=1S/C22H17ClF2N2O4S/c1-11-19-15(9-26-20(19)22(28)27-21(11)23)14-7-12(10-32(2,29)30)3-5-17(14)31-18-6-4-13(24)8-16(18)25/h3-9,26H,10H2,1-2H3,(H,27,28). The zero-order valence-corrected chi connectivity index (χ0v) is 18.5. The lowest BCUT2D eigenvalue weighted by Gasteiger charge is -2.14. The lowest BCUT2D eigenvalue weighted by atomic mass is 10.00. The molecule has 0 saturated heterocycles. The number of aromatic amines is 2. The topological polar surface area (TPSA) is 92.0 Å². The molecule has 10 heteroatoms. The van der Waals surface area contributed by atoms with E-state index in [4.69, 9.17) is 16.3 Å². The molecule has 0 radical (unpaired) electrons. The third-order valence-electron chi connectivity index (χ3n) is 4.91. The summed E-state index contributed by atoms with van der Waals surface area (Å²) in [6.45, 7) is 1.72. The Hall–Kier alpha value is -3.17. The second kappa shape index (κ2) is 8.07. The van der Waals surface area contributed by atoms with Crippen molar-refractivity contribution in [2.45, 2.75) is 12.7 Å². The number of benzene rings is 2. The van der Waals surface area contributed by atoms with Crippen LogP contribution in [0.25, 0.3) is 22.0 Å². The van der Waals surface area contributed by atoms with Crippen LogP contribution in [-0.2, 0) is 15.6 Å². The molecular weight excluding hydrogens is 462 g/mol. The lowest BCUT2D eigenvalue weighted by molar-refractivity contribution is 0.439. The van der Waals surface area contributed by atoms with Crippen LogP contribution in [0.4, 0.5) is 8.78 Å². The van der Waals surface area contributed by atoms with Crippen molar-refractivity contribution in [2.75, 3.05) is 6.26 Å². The Balaban J connectivity index is 1.95. The van der Waals surface area contributed by atoms with E-state index < -0.39 is 27.0 Å². The van der Waals surface area contributed by atoms with Gasteiger partial charge in [-0.05, 0) is 42.3 Å². The molecule has 0 unspecified atom stereocenters. The van der Waals surface area contributed by atoms with Crippen molar-refractivity contribution in [1.29, 1.82) is 0 Å². The predicted octanol–water partition coefficient (Wildman–Crippen LogP) is 5.10. The Morgan fingerprint density at radius 2 is 1.78 bits per heavy atom. The molecule has 6 nitrogen and oxygen atoms in total. The molecule has 166 valence electrons. The zero-order valence-electron chi connectivity index (χ0n) is 16.9. The van der Waals surface area contributed by atoms with E-state index in [0.29, 0.717) is 33.7 Å². The molecule has 0 atom stereocenters. The number of aryl methyl sites for hydroxylation is 1. The van der Waals surface area contributed by atoms with E-state index in [1.54, 1.807) is 25.3 Å². The number of rotatable bonds is 5. The van der Waals surface area contributed by atoms with Gasteiger partial charge >= 0.3 is 0 Å². The van der Waals surface area contributed by atoms with Crippen LogP contribution in [-0.4, -0.2) is 24.6 Å². The summed E-state index contributed by atoms with van der Waals surface area (Å²) < 4.78 is 56.9. The quantitative estimate of drug-likeness (QED) is 0.390. The van der Waals surface area contributed by atoms with Crippen molar-refractivity contribution in [3.05, 3.63) is 80.9 Å². The van der Waals surface area contributed by atoms with Crippen LogP contribution in [0.2, 0.25) is 5.15 Å². The monoisotopic (exact) mass is 478 g/mol. The van der Waals surface area contributed by atoms with E-state index in [1.807, 2.05) is 0 Å². The van der Waals surface area contributed by atoms with Crippen LogP contribution in [0.1, 0.15) is 11.1 Å². The highest BCUT2D eigenvalue weighted by atomic mass is 35.5. The Morgan fingerprint density at radius 3 is 2.47 bits per heavy atom. The maximum Gasteiger partial charge on any atom is 0.273 e. The first kappa shape index (κ1) is 22.0. The Bertz CT molecular complexity index is 1530. The molecule has 2 N–H and O–H groups in total. The van der Waals surface area contributed by atoms with Crippen molar-refractivity contribution in [3.63, 3.8) is 0 Å². The van der Waals surface area contributed by atoms with Crippen molar-refractivity contribution in [3.8, 4) is 22.6 Å². The van der Waals surface area contributed by atoms with Crippen LogP contribution in [0.3, 0.4) is 0 Å². The second-order valence-electron chi connectivity index (χ2n) is 7.42. The molecule has 2 aromatic carbocycles. The summed E-state index contributed by atoms with van der Waals surface area (Å²) in [4.78, 5) is 17.8. The third kappa shape index (κ3) is 4.26. The smallest absolute Gasteiger partial charge is 0.273 e. The van der Waals surface area contributed by atoms with Gasteiger partial charge in [-0.2, -0.15) is 0 Å². The van der Waals surface area contributed by atoms with E-state index >= 15 is 0 Å². The van der Waals surface area contributed by atoms with Gasteiger partial charge in [0.1, 0.15) is 22.2 Å². The van der Waals surface area contributed by atoms with Gasteiger partial charge < -0.3 is 14.7 Å². The van der Waals surface area contributed by atoms with Gasteiger partial charge in [0.25, 0.3) is 5.56 Å². The number of pyridine rings is 1. The van der Waals surface area contributed by atoms with Gasteiger partial charge in [0.15, 0.2) is 21.4 Å². The number of halogens is 3. The number of aromatic nitrogens is 2. The molecule has 0 aliphatic heterocycles. The molecule has 4 rings (SSSR count). The summed E-state index contributed by atoms with van der Waals surface area (Å²) in [5.74, 6) is -1.90. The normalized spacial score (nSPS) is 11.8. The largest absolute Gasteiger partial charge is 0.454 e. The summed E-state index contributed by atoms with van der Waals surface area (Å²) >= 11 is 6.17. The summed E-state index contributed by atoms with van der Waals surface area (Å²) in [7, 11) is -3.34.